The fourth-order valence-electron chi connectivity index (χ4n) is 6.58. The Morgan fingerprint density at radius 3 is 2.44 bits per heavy atom. The van der Waals surface area contributed by atoms with Crippen LogP contribution >= 0.6 is 0 Å². The Bertz CT molecular complexity index is 1480. The zero-order valence-corrected chi connectivity index (χ0v) is 24.1. The average molecular weight is 576 g/mol. The van der Waals surface area contributed by atoms with Gasteiger partial charge < -0.3 is 19.5 Å². The van der Waals surface area contributed by atoms with Gasteiger partial charge in [0.15, 0.2) is 13.9 Å². The van der Waals surface area contributed by atoms with Gasteiger partial charge in [-0.1, -0.05) is 37.3 Å². The first-order valence-corrected chi connectivity index (χ1v) is 16.6. The largest absolute Gasteiger partial charge is 0.432 e. The number of benzene rings is 3. The van der Waals surface area contributed by atoms with Crippen LogP contribution in [0.15, 0.2) is 72.8 Å². The van der Waals surface area contributed by atoms with Gasteiger partial charge in [-0.25, -0.2) is 0 Å². The number of ether oxygens (including phenoxy) is 1. The molecule has 3 aromatic carbocycles. The van der Waals surface area contributed by atoms with Gasteiger partial charge in [0, 0.05) is 47.1 Å². The predicted molar refractivity (Wildman–Crippen MR) is 156 cm³/mol. The Morgan fingerprint density at radius 1 is 1.10 bits per heavy atom. The highest BCUT2D eigenvalue weighted by atomic mass is 28.4. The van der Waals surface area contributed by atoms with E-state index in [2.05, 4.69) is 0 Å². The van der Waals surface area contributed by atoms with Crippen LogP contribution in [0.2, 0.25) is 18.6 Å². The molecule has 0 radical (unpaired) electrons. The van der Waals surface area contributed by atoms with Gasteiger partial charge in [0.1, 0.15) is 0 Å². The Balaban J connectivity index is 1.58. The van der Waals surface area contributed by atoms with E-state index in [0.717, 1.165) is 12.0 Å². The second-order valence-electron chi connectivity index (χ2n) is 11.2. The summed E-state index contributed by atoms with van der Waals surface area (Å²) < 4.78 is 6.53. The first kappa shape index (κ1) is 28.6. The molecule has 2 heterocycles. The van der Waals surface area contributed by atoms with Crippen LogP contribution < -0.4 is 9.80 Å². The van der Waals surface area contributed by atoms with E-state index in [-0.39, 0.29) is 36.7 Å². The number of amides is 2. The summed E-state index contributed by atoms with van der Waals surface area (Å²) in [4.78, 5) is 52.0. The molecule has 5 rings (SSSR count). The molecule has 2 N–H and O–H groups in total. The van der Waals surface area contributed by atoms with Crippen LogP contribution in [0.5, 0.6) is 0 Å². The van der Waals surface area contributed by atoms with Crippen molar-refractivity contribution in [3.63, 3.8) is 0 Å². The van der Waals surface area contributed by atoms with Gasteiger partial charge in [-0.15, -0.1) is 0 Å². The molecule has 0 bridgehead atoms. The Morgan fingerprint density at radius 2 is 1.80 bits per heavy atom. The molecule has 0 aromatic heterocycles. The minimum atomic E-state index is -2.90. The standard InChI is InChI=1S/C30H33N3O7Si/c1-20-28(41(2,3)39)27(14-15-34)40-30(20)25-17-24(33(37)38)12-13-26(25)31(29(30)36)18-21-8-7-11-23(16-21)32(19-35)22-9-5-4-6-10-22/h4-13,16-17,19-20,27-28,34,39H,14-15,18H2,1-3H3/t20-,27+,28-,30+/m0/s1. The normalized spacial score (nSPS) is 23.6. The van der Waals surface area contributed by atoms with Crippen LogP contribution in [0.3, 0.4) is 0 Å². The lowest BCUT2D eigenvalue weighted by Crippen LogP contribution is -2.46. The molecule has 3 aromatic rings. The minimum absolute atomic E-state index is 0.131. The van der Waals surface area contributed by atoms with Crippen LogP contribution in [-0.2, 0) is 26.5 Å². The predicted octanol–water partition coefficient (Wildman–Crippen LogP) is 4.62. The highest BCUT2D eigenvalue weighted by Crippen LogP contribution is 2.60. The highest BCUT2D eigenvalue weighted by Gasteiger charge is 2.66. The molecule has 11 heteroatoms. The fraction of sp³-hybridized carbons (Fsp3) is 0.333. The first-order valence-electron chi connectivity index (χ1n) is 13.5. The van der Waals surface area contributed by atoms with Gasteiger partial charge in [0.2, 0.25) is 6.41 Å². The fourth-order valence-corrected chi connectivity index (χ4v) is 9.18. The van der Waals surface area contributed by atoms with E-state index in [1.165, 1.54) is 17.0 Å². The molecular weight excluding hydrogens is 542 g/mol. The number of nitro benzene ring substituents is 1. The van der Waals surface area contributed by atoms with Crippen molar-refractivity contribution in [2.24, 2.45) is 5.92 Å². The zero-order valence-electron chi connectivity index (χ0n) is 23.1. The molecule has 2 aliphatic heterocycles. The van der Waals surface area contributed by atoms with Gasteiger partial charge in [-0.3, -0.25) is 24.6 Å². The summed E-state index contributed by atoms with van der Waals surface area (Å²) in [7, 11) is -2.90. The van der Waals surface area contributed by atoms with Gasteiger partial charge in [-0.2, -0.15) is 0 Å². The van der Waals surface area contributed by atoms with Crippen molar-refractivity contribution in [3.8, 4) is 0 Å². The van der Waals surface area contributed by atoms with Gasteiger partial charge in [-0.05, 0) is 55.4 Å². The lowest BCUT2D eigenvalue weighted by Gasteiger charge is -2.32. The van der Waals surface area contributed by atoms with Gasteiger partial charge >= 0.3 is 0 Å². The summed E-state index contributed by atoms with van der Waals surface area (Å²) in [5.74, 6) is -0.871. The van der Waals surface area contributed by atoms with Crippen molar-refractivity contribution in [1.29, 1.82) is 0 Å². The van der Waals surface area contributed by atoms with Crippen molar-refractivity contribution in [2.45, 2.75) is 50.2 Å². The lowest BCUT2D eigenvalue weighted by molar-refractivity contribution is -0.385. The lowest BCUT2D eigenvalue weighted by atomic mass is 9.82. The number of anilines is 3. The van der Waals surface area contributed by atoms with Gasteiger partial charge in [0.25, 0.3) is 11.6 Å². The second-order valence-corrected chi connectivity index (χ2v) is 15.2. The number of hydrogen-bond donors (Lipinski definition) is 2. The second kappa shape index (κ2) is 10.8. The Labute approximate surface area is 239 Å². The molecule has 1 spiro atoms. The maximum absolute atomic E-state index is 14.4. The third-order valence-electron chi connectivity index (χ3n) is 8.26. The SMILES string of the molecule is C[C@H]1[C@H]([Si](C)(C)O)[C@@H](CCO)O[C@]12C(=O)N(Cc1cccc(N(C=O)c3ccccc3)c1)c1ccc([N+](=O)[O-])cc12. The van der Waals surface area contributed by atoms with Crippen LogP contribution in [-0.4, -0.2) is 48.2 Å². The van der Waals surface area contributed by atoms with E-state index in [9.17, 15) is 29.6 Å². The van der Waals surface area contributed by atoms with E-state index in [1.807, 2.05) is 49.4 Å². The summed E-state index contributed by atoms with van der Waals surface area (Å²) >= 11 is 0. The molecule has 0 unspecified atom stereocenters. The topological polar surface area (TPSA) is 133 Å². The van der Waals surface area contributed by atoms with Crippen LogP contribution in [0.1, 0.15) is 24.5 Å². The monoisotopic (exact) mass is 575 g/mol. The maximum Gasteiger partial charge on any atom is 0.269 e. The number of fused-ring (bicyclic) bond motifs is 2. The quantitative estimate of drug-likeness (QED) is 0.165. The molecule has 1 saturated heterocycles. The molecule has 2 aliphatic rings. The van der Waals surface area contributed by atoms with Crippen molar-refractivity contribution in [2.75, 3.05) is 16.4 Å². The highest BCUT2D eigenvalue weighted by molar-refractivity contribution is 6.71. The maximum atomic E-state index is 14.4. The van der Waals surface area contributed by atoms with Crippen molar-refractivity contribution in [1.82, 2.24) is 0 Å². The molecule has 4 atom stereocenters. The molecular formula is C30H33N3O7Si. The number of nitro groups is 1. The van der Waals surface area contributed by atoms with Crippen LogP contribution in [0.25, 0.3) is 0 Å². The summed E-state index contributed by atoms with van der Waals surface area (Å²) in [5.41, 5.74) is 0.843. The number of carbonyl (C=O) groups excluding carboxylic acids is 2. The number of aliphatic hydroxyl groups is 1. The number of rotatable bonds is 9. The van der Waals surface area contributed by atoms with Crippen LogP contribution in [0.4, 0.5) is 22.7 Å². The third-order valence-corrected chi connectivity index (χ3v) is 10.8. The summed E-state index contributed by atoms with van der Waals surface area (Å²) in [6.45, 7) is 5.36. The molecule has 1 fully saturated rings. The molecule has 0 aliphatic carbocycles. The van der Waals surface area contributed by atoms with E-state index in [4.69, 9.17) is 4.74 Å². The number of para-hydroxylation sites is 1. The van der Waals surface area contributed by atoms with E-state index in [1.54, 1.807) is 36.2 Å². The molecule has 41 heavy (non-hydrogen) atoms. The van der Waals surface area contributed by atoms with E-state index in [0.29, 0.717) is 22.6 Å². The van der Waals surface area contributed by atoms with E-state index >= 15 is 0 Å². The number of hydrogen-bond acceptors (Lipinski definition) is 7. The summed E-state index contributed by atoms with van der Waals surface area (Å²) in [6.07, 6.45) is 0.372. The molecule has 214 valence electrons. The number of aliphatic hydroxyl groups excluding tert-OH is 1. The minimum Gasteiger partial charge on any atom is -0.432 e. The number of carbonyl (C=O) groups is 2. The summed E-state index contributed by atoms with van der Waals surface area (Å²) in [5, 5.41) is 21.5. The smallest absolute Gasteiger partial charge is 0.269 e. The number of nitrogens with zero attached hydrogens (tertiary/aromatic N) is 3. The zero-order chi connectivity index (χ0) is 29.5. The molecule has 2 amide bonds. The number of non-ortho nitro benzene ring substituents is 1. The Hall–Kier alpha value is -3.90. The van der Waals surface area contributed by atoms with Crippen molar-refractivity contribution >= 4 is 43.4 Å². The van der Waals surface area contributed by atoms with Crippen molar-refractivity contribution < 1.29 is 29.2 Å². The third kappa shape index (κ3) is 4.84. The molecule has 0 saturated carbocycles. The van der Waals surface area contributed by atoms with E-state index < -0.39 is 30.9 Å². The Kier molecular flexibility index (Phi) is 7.55. The average Bonchev–Trinajstić information content (AvgIpc) is 3.36. The molecule has 10 nitrogen and oxygen atoms in total. The van der Waals surface area contributed by atoms with Crippen LogP contribution in [0, 0.1) is 16.0 Å². The summed E-state index contributed by atoms with van der Waals surface area (Å²) in [6, 6.07) is 20.8. The first-order chi connectivity index (χ1) is 19.5. The van der Waals surface area contributed by atoms with Gasteiger partial charge in [0.05, 0.1) is 23.3 Å². The van der Waals surface area contributed by atoms with Crippen molar-refractivity contribution in [3.05, 3.63) is 94.0 Å².